The van der Waals surface area contributed by atoms with Crippen molar-refractivity contribution in [2.24, 2.45) is 11.5 Å². The number of nitrogens with two attached hydrogens (primary N) is 2. The van der Waals surface area contributed by atoms with Gasteiger partial charge in [0.2, 0.25) is 0 Å². The first kappa shape index (κ1) is 17.7. The van der Waals surface area contributed by atoms with Gasteiger partial charge in [-0.3, -0.25) is 0 Å². The van der Waals surface area contributed by atoms with Crippen molar-refractivity contribution in [2.75, 3.05) is 10.6 Å². The van der Waals surface area contributed by atoms with Crippen molar-refractivity contribution in [1.29, 1.82) is 0 Å². The van der Waals surface area contributed by atoms with E-state index in [0.717, 1.165) is 37.1 Å². The number of aliphatic hydroxyl groups is 1. The highest BCUT2D eigenvalue weighted by Crippen LogP contribution is 2.27. The Bertz CT molecular complexity index is 901. The Morgan fingerprint density at radius 3 is 2.59 bits per heavy atom. The minimum atomic E-state index is -1.15. The molecule has 3 aromatic rings. The molecule has 0 radical (unpaired) electrons. The van der Waals surface area contributed by atoms with Crippen molar-refractivity contribution < 1.29 is 5.11 Å². The predicted molar refractivity (Wildman–Crippen MR) is 106 cm³/mol. The molecule has 1 aromatic carbocycles. The van der Waals surface area contributed by atoms with Crippen molar-refractivity contribution >= 4 is 22.8 Å². The van der Waals surface area contributed by atoms with Gasteiger partial charge in [0.05, 0.1) is 11.9 Å². The molecule has 1 aliphatic rings. The zero-order valence-corrected chi connectivity index (χ0v) is 15.0. The second-order valence-corrected chi connectivity index (χ2v) is 7.05. The molecular weight excluding hydrogens is 342 g/mol. The number of para-hydroxylation sites is 1. The van der Waals surface area contributed by atoms with E-state index in [2.05, 4.69) is 20.7 Å². The molecule has 27 heavy (non-hydrogen) atoms. The highest BCUT2D eigenvalue weighted by Gasteiger charge is 2.20. The van der Waals surface area contributed by atoms with Gasteiger partial charge >= 0.3 is 0 Å². The SMILES string of the molecule is NC(O)c1cnc2c(Nc3ccccc3)cc(N[C@H]3CC[C@H](N)CC3)nn12. The summed E-state index contributed by atoms with van der Waals surface area (Å²) in [5.74, 6) is 0.710. The molecule has 4 rings (SSSR count). The van der Waals surface area contributed by atoms with Gasteiger partial charge in [-0.2, -0.15) is 0 Å². The topological polar surface area (TPSA) is 127 Å². The molecule has 0 amide bonds. The maximum Gasteiger partial charge on any atom is 0.177 e. The normalized spacial score (nSPS) is 21.1. The maximum absolute atomic E-state index is 9.85. The van der Waals surface area contributed by atoms with Crippen LogP contribution in [0.3, 0.4) is 0 Å². The number of hydrogen-bond acceptors (Lipinski definition) is 7. The minimum absolute atomic E-state index is 0.293. The lowest BCUT2D eigenvalue weighted by Gasteiger charge is -2.27. The van der Waals surface area contributed by atoms with Crippen LogP contribution in [0.25, 0.3) is 5.65 Å². The van der Waals surface area contributed by atoms with Crippen molar-refractivity contribution in [3.8, 4) is 0 Å². The summed E-state index contributed by atoms with van der Waals surface area (Å²) in [4.78, 5) is 4.39. The van der Waals surface area contributed by atoms with Gasteiger partial charge in [0.15, 0.2) is 5.65 Å². The second kappa shape index (κ2) is 7.51. The number of benzene rings is 1. The number of hydrogen-bond donors (Lipinski definition) is 5. The van der Waals surface area contributed by atoms with Crippen molar-refractivity contribution in [1.82, 2.24) is 14.6 Å². The van der Waals surface area contributed by atoms with E-state index < -0.39 is 6.23 Å². The van der Waals surface area contributed by atoms with Crippen LogP contribution < -0.4 is 22.1 Å². The number of nitrogens with one attached hydrogen (secondary N) is 2. The number of fused-ring (bicyclic) bond motifs is 1. The Morgan fingerprint density at radius 2 is 1.89 bits per heavy atom. The summed E-state index contributed by atoms with van der Waals surface area (Å²) in [7, 11) is 0. The van der Waals surface area contributed by atoms with Crippen molar-refractivity contribution in [3.05, 3.63) is 48.3 Å². The maximum atomic E-state index is 9.85. The number of anilines is 3. The van der Waals surface area contributed by atoms with Gasteiger partial charge in [-0.25, -0.2) is 9.50 Å². The van der Waals surface area contributed by atoms with Crippen LogP contribution in [0, 0.1) is 0 Å². The molecule has 2 heterocycles. The van der Waals surface area contributed by atoms with Gasteiger partial charge in [0.25, 0.3) is 0 Å². The fourth-order valence-corrected chi connectivity index (χ4v) is 3.50. The first-order chi connectivity index (χ1) is 13.1. The molecule has 0 bridgehead atoms. The molecule has 8 nitrogen and oxygen atoms in total. The lowest BCUT2D eigenvalue weighted by molar-refractivity contribution is 0.179. The first-order valence-corrected chi connectivity index (χ1v) is 9.26. The molecule has 1 aliphatic carbocycles. The monoisotopic (exact) mass is 367 g/mol. The van der Waals surface area contributed by atoms with Crippen LogP contribution in [0.15, 0.2) is 42.6 Å². The van der Waals surface area contributed by atoms with Crippen LogP contribution in [0.2, 0.25) is 0 Å². The zero-order valence-electron chi connectivity index (χ0n) is 15.0. The quantitative estimate of drug-likeness (QED) is 0.437. The Balaban J connectivity index is 1.69. The summed E-state index contributed by atoms with van der Waals surface area (Å²) in [5, 5.41) is 21.3. The average molecular weight is 367 g/mol. The van der Waals surface area contributed by atoms with Gasteiger partial charge in [0.1, 0.15) is 17.7 Å². The molecule has 8 heteroatoms. The van der Waals surface area contributed by atoms with Crippen LogP contribution in [0.4, 0.5) is 17.2 Å². The molecule has 0 spiro atoms. The van der Waals surface area contributed by atoms with Gasteiger partial charge in [-0.15, -0.1) is 5.10 Å². The highest BCUT2D eigenvalue weighted by molar-refractivity contribution is 5.76. The standard InChI is InChI=1S/C19H25N7O/c20-12-6-8-14(9-7-12)24-17-10-15(23-13-4-2-1-3-5-13)19-22-11-16(18(21)27)26(19)25-17/h1-5,10-12,14,18,23,27H,6-9,20-21H2,(H,24,25)/t12-,14-,18?. The third-order valence-electron chi connectivity index (χ3n) is 4.97. The Labute approximate surface area is 157 Å². The third-order valence-corrected chi connectivity index (χ3v) is 4.97. The average Bonchev–Trinajstić information content (AvgIpc) is 3.09. The summed E-state index contributed by atoms with van der Waals surface area (Å²) in [6.07, 6.45) is 4.43. The number of nitrogens with zero attached hydrogens (tertiary/aromatic N) is 3. The molecule has 1 saturated carbocycles. The summed E-state index contributed by atoms with van der Waals surface area (Å²) in [6, 6.07) is 12.4. The fraction of sp³-hybridized carbons (Fsp3) is 0.368. The van der Waals surface area contributed by atoms with E-state index >= 15 is 0 Å². The van der Waals surface area contributed by atoms with Crippen LogP contribution in [0.5, 0.6) is 0 Å². The first-order valence-electron chi connectivity index (χ1n) is 9.26. The second-order valence-electron chi connectivity index (χ2n) is 7.05. The van der Waals surface area contributed by atoms with Gasteiger partial charge in [-0.1, -0.05) is 18.2 Å². The van der Waals surface area contributed by atoms with Crippen LogP contribution in [-0.4, -0.2) is 31.8 Å². The highest BCUT2D eigenvalue weighted by atomic mass is 16.3. The van der Waals surface area contributed by atoms with Gasteiger partial charge < -0.3 is 27.2 Å². The fourth-order valence-electron chi connectivity index (χ4n) is 3.50. The van der Waals surface area contributed by atoms with Crippen LogP contribution in [0.1, 0.15) is 37.6 Å². The van der Waals surface area contributed by atoms with E-state index in [1.165, 1.54) is 0 Å². The van der Waals surface area contributed by atoms with E-state index in [-0.39, 0.29) is 0 Å². The lowest BCUT2D eigenvalue weighted by atomic mass is 9.92. The van der Waals surface area contributed by atoms with Crippen molar-refractivity contribution in [2.45, 2.75) is 44.0 Å². The molecule has 1 unspecified atom stereocenters. The van der Waals surface area contributed by atoms with E-state index in [4.69, 9.17) is 11.5 Å². The smallest absolute Gasteiger partial charge is 0.177 e. The number of aliphatic hydroxyl groups excluding tert-OH is 1. The Hall–Kier alpha value is -2.68. The number of rotatable bonds is 5. The Kier molecular flexibility index (Phi) is 4.93. The summed E-state index contributed by atoms with van der Waals surface area (Å²) in [5.41, 5.74) is 14.5. The molecule has 2 aromatic heterocycles. The zero-order chi connectivity index (χ0) is 18.8. The van der Waals surface area contributed by atoms with E-state index in [1.807, 2.05) is 36.4 Å². The predicted octanol–water partition coefficient (Wildman–Crippen LogP) is 2.10. The molecule has 142 valence electrons. The molecule has 1 atom stereocenters. The third kappa shape index (κ3) is 3.87. The lowest BCUT2D eigenvalue weighted by Crippen LogP contribution is -2.33. The summed E-state index contributed by atoms with van der Waals surface area (Å²) in [6.45, 7) is 0. The van der Waals surface area contributed by atoms with E-state index in [1.54, 1.807) is 10.7 Å². The molecule has 1 fully saturated rings. The number of imidazole rings is 1. The van der Waals surface area contributed by atoms with Gasteiger partial charge in [0, 0.05) is 23.8 Å². The van der Waals surface area contributed by atoms with Crippen LogP contribution in [-0.2, 0) is 0 Å². The van der Waals surface area contributed by atoms with E-state index in [0.29, 0.717) is 29.2 Å². The Morgan fingerprint density at radius 1 is 1.15 bits per heavy atom. The van der Waals surface area contributed by atoms with Crippen LogP contribution >= 0.6 is 0 Å². The van der Waals surface area contributed by atoms with Crippen molar-refractivity contribution in [3.63, 3.8) is 0 Å². The van der Waals surface area contributed by atoms with Gasteiger partial charge in [-0.05, 0) is 37.8 Å². The molecular formula is C19H25N7O. The van der Waals surface area contributed by atoms with E-state index in [9.17, 15) is 5.11 Å². The molecule has 0 aliphatic heterocycles. The summed E-state index contributed by atoms with van der Waals surface area (Å²) >= 11 is 0. The molecule has 0 saturated heterocycles. The number of aromatic nitrogens is 3. The summed E-state index contributed by atoms with van der Waals surface area (Å²) < 4.78 is 1.59. The molecule has 7 N–H and O–H groups in total. The minimum Gasteiger partial charge on any atom is -0.373 e. The largest absolute Gasteiger partial charge is 0.373 e.